The fourth-order valence-electron chi connectivity index (χ4n) is 4.97. The Morgan fingerprint density at radius 2 is 1.33 bits per heavy atom. The van der Waals surface area contributed by atoms with Gasteiger partial charge in [0.1, 0.15) is 18.1 Å². The molecule has 0 spiro atoms. The molecule has 0 saturated carbocycles. The lowest BCUT2D eigenvalue weighted by Gasteiger charge is -2.27. The number of aromatic nitrogens is 2. The molecule has 0 amide bonds. The number of hydrogen-bond acceptors (Lipinski definition) is 0. The average molecular weight is 446 g/mol. The topological polar surface area (TPSA) is 8.81 Å². The molecule has 2 nitrogen and oxygen atoms in total. The first kappa shape index (κ1) is 25.3. The van der Waals surface area contributed by atoms with Crippen molar-refractivity contribution in [3.05, 3.63) is 70.3 Å². The smallest absolute Gasteiger partial charge is 0.237 e. The van der Waals surface area contributed by atoms with Crippen molar-refractivity contribution in [2.45, 2.75) is 99.3 Å². The van der Waals surface area contributed by atoms with Crippen LogP contribution in [0, 0.1) is 13.8 Å². The minimum Gasteiger partial charge on any atom is -0.237 e. The molecule has 33 heavy (non-hydrogen) atoms. The van der Waals surface area contributed by atoms with E-state index in [0.29, 0.717) is 17.8 Å². The summed E-state index contributed by atoms with van der Waals surface area (Å²) in [5.41, 5.74) is 11.3. The largest absolute Gasteiger partial charge is 0.258 e. The lowest BCUT2D eigenvalue weighted by atomic mass is 9.78. The number of imidazole rings is 1. The molecule has 3 aromatic rings. The van der Waals surface area contributed by atoms with Crippen molar-refractivity contribution in [3.8, 4) is 16.8 Å². The van der Waals surface area contributed by atoms with Gasteiger partial charge in [0.15, 0.2) is 0 Å². The maximum Gasteiger partial charge on any atom is 0.258 e. The van der Waals surface area contributed by atoms with Crippen LogP contribution in [0.2, 0.25) is 0 Å². The SMILES string of the molecule is Cc1c(-n2cc[n+](C)c2C)cc(-c2c(C(C)C)cc(C(C)C)cc2C(C)C)cc1C(C)(C)C. The third kappa shape index (κ3) is 4.81. The minimum absolute atomic E-state index is 0.0615. The van der Waals surface area contributed by atoms with Crippen molar-refractivity contribution in [1.29, 1.82) is 0 Å². The molecule has 0 fully saturated rings. The Labute approximate surface area is 202 Å². The molecule has 2 heteroatoms. The van der Waals surface area contributed by atoms with E-state index in [9.17, 15) is 0 Å². The first-order valence-electron chi connectivity index (χ1n) is 12.6. The van der Waals surface area contributed by atoms with Gasteiger partial charge >= 0.3 is 0 Å². The molecule has 0 radical (unpaired) electrons. The van der Waals surface area contributed by atoms with Crippen LogP contribution in [-0.2, 0) is 12.5 Å². The molecule has 1 aromatic heterocycles. The third-order valence-corrected chi connectivity index (χ3v) is 7.17. The van der Waals surface area contributed by atoms with Crippen LogP contribution in [0.15, 0.2) is 36.7 Å². The van der Waals surface area contributed by atoms with Crippen LogP contribution in [0.5, 0.6) is 0 Å². The van der Waals surface area contributed by atoms with Crippen LogP contribution in [0.25, 0.3) is 16.8 Å². The molecule has 1 heterocycles. The summed E-state index contributed by atoms with van der Waals surface area (Å²) in [5, 5.41) is 0. The average Bonchev–Trinajstić information content (AvgIpc) is 3.04. The number of rotatable bonds is 5. The molecule has 0 unspecified atom stereocenters. The monoisotopic (exact) mass is 445 g/mol. The Kier molecular flexibility index (Phi) is 6.99. The van der Waals surface area contributed by atoms with Crippen LogP contribution < -0.4 is 4.57 Å². The lowest BCUT2D eigenvalue weighted by molar-refractivity contribution is -0.677. The van der Waals surface area contributed by atoms with Crippen molar-refractivity contribution in [2.24, 2.45) is 7.05 Å². The first-order chi connectivity index (χ1) is 15.2. The second-order valence-electron chi connectivity index (χ2n) is 11.8. The van der Waals surface area contributed by atoms with E-state index in [4.69, 9.17) is 0 Å². The maximum atomic E-state index is 2.47. The highest BCUT2D eigenvalue weighted by atomic mass is 15.1. The number of hydrogen-bond donors (Lipinski definition) is 0. The summed E-state index contributed by atoms with van der Waals surface area (Å²) in [6, 6.07) is 9.83. The Balaban J connectivity index is 2.47. The lowest BCUT2D eigenvalue weighted by Crippen LogP contribution is -2.29. The van der Waals surface area contributed by atoms with Gasteiger partial charge in [-0.05, 0) is 69.5 Å². The van der Waals surface area contributed by atoms with E-state index >= 15 is 0 Å². The zero-order valence-corrected chi connectivity index (χ0v) is 23.1. The van der Waals surface area contributed by atoms with Gasteiger partial charge in [0, 0.05) is 12.5 Å². The van der Waals surface area contributed by atoms with E-state index in [1.165, 1.54) is 50.5 Å². The highest BCUT2D eigenvalue weighted by molar-refractivity contribution is 5.77. The fraction of sp³-hybridized carbons (Fsp3) is 0.516. The zero-order chi connectivity index (χ0) is 24.8. The summed E-state index contributed by atoms with van der Waals surface area (Å²) < 4.78 is 4.54. The molecule has 0 saturated heterocycles. The van der Waals surface area contributed by atoms with Crippen molar-refractivity contribution >= 4 is 0 Å². The van der Waals surface area contributed by atoms with Crippen molar-refractivity contribution < 1.29 is 4.57 Å². The fourth-order valence-corrected chi connectivity index (χ4v) is 4.97. The highest BCUT2D eigenvalue weighted by Crippen LogP contribution is 2.42. The van der Waals surface area contributed by atoms with E-state index < -0.39 is 0 Å². The van der Waals surface area contributed by atoms with E-state index in [2.05, 4.69) is 129 Å². The molecule has 0 atom stereocenters. The van der Waals surface area contributed by atoms with Crippen molar-refractivity contribution in [2.75, 3.05) is 0 Å². The van der Waals surface area contributed by atoms with E-state index in [1.54, 1.807) is 0 Å². The van der Waals surface area contributed by atoms with Crippen LogP contribution >= 0.6 is 0 Å². The van der Waals surface area contributed by atoms with E-state index in [-0.39, 0.29) is 5.41 Å². The Hall–Kier alpha value is -2.35. The van der Waals surface area contributed by atoms with Crippen LogP contribution in [0.3, 0.4) is 0 Å². The van der Waals surface area contributed by atoms with Gasteiger partial charge in [0.2, 0.25) is 0 Å². The quantitative estimate of drug-likeness (QED) is 0.350. The van der Waals surface area contributed by atoms with Gasteiger partial charge in [0.25, 0.3) is 5.82 Å². The normalized spacial score (nSPS) is 12.5. The Morgan fingerprint density at radius 3 is 1.73 bits per heavy atom. The summed E-state index contributed by atoms with van der Waals surface area (Å²) in [4.78, 5) is 0. The molecule has 178 valence electrons. The molecule has 0 aliphatic rings. The summed E-state index contributed by atoms with van der Waals surface area (Å²) >= 11 is 0. The Morgan fingerprint density at radius 1 is 0.788 bits per heavy atom. The second-order valence-corrected chi connectivity index (χ2v) is 11.8. The summed E-state index contributed by atoms with van der Waals surface area (Å²) in [6.07, 6.45) is 4.34. The Bertz CT molecular complexity index is 1120. The van der Waals surface area contributed by atoms with E-state index in [0.717, 1.165) is 0 Å². The number of aryl methyl sites for hydroxylation is 1. The zero-order valence-electron chi connectivity index (χ0n) is 23.1. The molecule has 0 bridgehead atoms. The predicted octanol–water partition coefficient (Wildman–Crippen LogP) is 8.25. The van der Waals surface area contributed by atoms with Crippen LogP contribution in [0.4, 0.5) is 0 Å². The number of benzene rings is 2. The highest BCUT2D eigenvalue weighted by Gasteiger charge is 2.26. The minimum atomic E-state index is 0.0615. The molecule has 0 aliphatic carbocycles. The summed E-state index contributed by atoms with van der Waals surface area (Å²) in [6.45, 7) is 25.4. The summed E-state index contributed by atoms with van der Waals surface area (Å²) in [5.74, 6) is 2.68. The molecular weight excluding hydrogens is 400 g/mol. The standard InChI is InChI=1S/C31H45N2/c1-19(2)24-15-26(20(3)4)30(27(16-24)21(5)6)25-17-28(31(9,10)11)22(7)29(18-25)33-14-13-32(12)23(33)8/h13-21H,1-12H3/q+1. The maximum absolute atomic E-state index is 2.47. The van der Waals surface area contributed by atoms with Gasteiger partial charge in [-0.3, -0.25) is 0 Å². The predicted molar refractivity (Wildman–Crippen MR) is 143 cm³/mol. The molecule has 2 aromatic carbocycles. The van der Waals surface area contributed by atoms with E-state index in [1.807, 2.05) is 0 Å². The summed E-state index contributed by atoms with van der Waals surface area (Å²) in [7, 11) is 2.12. The van der Waals surface area contributed by atoms with Gasteiger partial charge < -0.3 is 0 Å². The molecular formula is C31H45N2+. The number of nitrogens with zero attached hydrogens (tertiary/aromatic N) is 2. The molecule has 0 N–H and O–H groups in total. The van der Waals surface area contributed by atoms with Gasteiger partial charge in [-0.1, -0.05) is 80.5 Å². The van der Waals surface area contributed by atoms with Crippen molar-refractivity contribution in [1.82, 2.24) is 4.57 Å². The first-order valence-corrected chi connectivity index (χ1v) is 12.6. The van der Waals surface area contributed by atoms with Crippen LogP contribution in [0.1, 0.15) is 114 Å². The third-order valence-electron chi connectivity index (χ3n) is 7.17. The molecule has 0 aliphatic heterocycles. The van der Waals surface area contributed by atoms with Gasteiger partial charge in [-0.25, -0.2) is 4.57 Å². The second kappa shape index (κ2) is 9.12. The van der Waals surface area contributed by atoms with Crippen molar-refractivity contribution in [3.63, 3.8) is 0 Å². The molecule has 3 rings (SSSR count). The van der Waals surface area contributed by atoms with Gasteiger partial charge in [-0.2, -0.15) is 4.57 Å². The van der Waals surface area contributed by atoms with Crippen LogP contribution in [-0.4, -0.2) is 4.57 Å². The van der Waals surface area contributed by atoms with Gasteiger partial charge in [-0.15, -0.1) is 0 Å². The van der Waals surface area contributed by atoms with Gasteiger partial charge in [0.05, 0.1) is 7.05 Å².